The predicted octanol–water partition coefficient (Wildman–Crippen LogP) is 4.41. The van der Waals surface area contributed by atoms with Crippen LogP contribution in [0.1, 0.15) is 25.1 Å². The molecule has 1 atom stereocenters. The van der Waals surface area contributed by atoms with E-state index in [1.807, 2.05) is 39.2 Å². The van der Waals surface area contributed by atoms with E-state index in [-0.39, 0.29) is 10.9 Å². The molecule has 34 heavy (non-hydrogen) atoms. The smallest absolute Gasteiger partial charge is 0.269 e. The standard InChI is InChI=1S/C24H23N5O3S2/c1-14-12-25-24(33-4)27-22(14)19-13-29(34(30,31)17-8-6-5-7-9-17)23-18(19)10-11-20(26-23)21-15(2)28-32-16(21)3/h5-13,15,28H,1-4H3. The molecule has 3 aromatic heterocycles. The number of aromatic nitrogens is 4. The molecule has 1 unspecified atom stereocenters. The van der Waals surface area contributed by atoms with E-state index in [0.29, 0.717) is 38.9 Å². The van der Waals surface area contributed by atoms with Crippen molar-refractivity contribution in [3.8, 4) is 11.3 Å². The van der Waals surface area contributed by atoms with Gasteiger partial charge in [-0.05, 0) is 56.9 Å². The molecule has 1 N–H and O–H groups in total. The summed E-state index contributed by atoms with van der Waals surface area (Å²) in [5, 5.41) is 1.30. The highest BCUT2D eigenvalue weighted by molar-refractivity contribution is 7.98. The zero-order chi connectivity index (χ0) is 24.0. The van der Waals surface area contributed by atoms with Crippen LogP contribution in [0, 0.1) is 6.92 Å². The Bertz CT molecular complexity index is 1550. The summed E-state index contributed by atoms with van der Waals surface area (Å²) in [5.74, 6) is 0.708. The van der Waals surface area contributed by atoms with Gasteiger partial charge in [0, 0.05) is 28.9 Å². The molecule has 5 rings (SSSR count). The highest BCUT2D eigenvalue weighted by Crippen LogP contribution is 2.35. The van der Waals surface area contributed by atoms with E-state index in [9.17, 15) is 8.42 Å². The molecule has 0 bridgehead atoms. The number of hydroxylamine groups is 1. The number of nitrogens with zero attached hydrogens (tertiary/aromatic N) is 4. The maximum atomic E-state index is 13.7. The second kappa shape index (κ2) is 8.53. The number of benzene rings is 1. The maximum Gasteiger partial charge on any atom is 0.269 e. The van der Waals surface area contributed by atoms with E-state index >= 15 is 0 Å². The molecule has 0 amide bonds. The third-order valence-corrected chi connectivity index (χ3v) is 8.01. The summed E-state index contributed by atoms with van der Waals surface area (Å²) < 4.78 is 28.6. The van der Waals surface area contributed by atoms with Crippen LogP contribution >= 0.6 is 11.8 Å². The molecular formula is C24H23N5O3S2. The van der Waals surface area contributed by atoms with Crippen LogP contribution in [0.15, 0.2) is 70.7 Å². The lowest BCUT2D eigenvalue weighted by atomic mass is 10.0. The first-order valence-corrected chi connectivity index (χ1v) is 13.3. The Morgan fingerprint density at radius 3 is 2.53 bits per heavy atom. The number of thioether (sulfide) groups is 1. The minimum Gasteiger partial charge on any atom is -0.412 e. The van der Waals surface area contributed by atoms with Gasteiger partial charge in [-0.2, -0.15) is 0 Å². The summed E-state index contributed by atoms with van der Waals surface area (Å²) in [6.45, 7) is 5.74. The van der Waals surface area contributed by atoms with Gasteiger partial charge in [0.1, 0.15) is 5.76 Å². The van der Waals surface area contributed by atoms with Gasteiger partial charge in [-0.3, -0.25) is 0 Å². The van der Waals surface area contributed by atoms with E-state index in [1.165, 1.54) is 15.7 Å². The zero-order valence-electron chi connectivity index (χ0n) is 19.1. The van der Waals surface area contributed by atoms with E-state index in [2.05, 4.69) is 15.4 Å². The van der Waals surface area contributed by atoms with Crippen LogP contribution in [0.4, 0.5) is 0 Å². The van der Waals surface area contributed by atoms with Crippen molar-refractivity contribution in [3.05, 3.63) is 71.9 Å². The van der Waals surface area contributed by atoms with Crippen molar-refractivity contribution in [3.63, 3.8) is 0 Å². The Morgan fingerprint density at radius 2 is 1.85 bits per heavy atom. The fourth-order valence-corrected chi connectivity index (χ4v) is 5.78. The Morgan fingerprint density at radius 1 is 1.09 bits per heavy atom. The highest BCUT2D eigenvalue weighted by atomic mass is 32.2. The minimum absolute atomic E-state index is 0.0770. The lowest BCUT2D eigenvalue weighted by Gasteiger charge is -2.09. The molecule has 0 fully saturated rings. The van der Waals surface area contributed by atoms with Crippen LogP contribution in [0.25, 0.3) is 27.9 Å². The van der Waals surface area contributed by atoms with Crippen LogP contribution in [-0.2, 0) is 14.9 Å². The first-order valence-electron chi connectivity index (χ1n) is 10.7. The lowest BCUT2D eigenvalue weighted by Crippen LogP contribution is -2.19. The van der Waals surface area contributed by atoms with Gasteiger partial charge < -0.3 is 4.84 Å². The molecule has 0 radical (unpaired) electrons. The van der Waals surface area contributed by atoms with Crippen LogP contribution in [0.3, 0.4) is 0 Å². The molecule has 0 saturated heterocycles. The quantitative estimate of drug-likeness (QED) is 0.322. The minimum atomic E-state index is -3.91. The average molecular weight is 494 g/mol. The lowest BCUT2D eigenvalue weighted by molar-refractivity contribution is 0.122. The van der Waals surface area contributed by atoms with Crippen molar-refractivity contribution in [2.24, 2.45) is 0 Å². The van der Waals surface area contributed by atoms with Gasteiger partial charge >= 0.3 is 0 Å². The molecule has 174 valence electrons. The third kappa shape index (κ3) is 3.67. The molecule has 0 spiro atoms. The van der Waals surface area contributed by atoms with Gasteiger partial charge in [0.2, 0.25) is 0 Å². The second-order valence-electron chi connectivity index (χ2n) is 8.02. The molecule has 0 saturated carbocycles. The Labute approximate surface area is 202 Å². The molecule has 8 nitrogen and oxygen atoms in total. The number of rotatable bonds is 5. The molecular weight excluding hydrogens is 470 g/mol. The fraction of sp³-hybridized carbons (Fsp3) is 0.208. The van der Waals surface area contributed by atoms with Crippen LogP contribution in [-0.4, -0.2) is 39.6 Å². The SMILES string of the molecule is CSc1ncc(C)c(-c2cn(S(=O)(=O)c3ccccc3)c3nc(C4=C(C)ONC4C)ccc23)n1. The number of pyridine rings is 1. The molecule has 4 heterocycles. The van der Waals surface area contributed by atoms with Gasteiger partial charge in [-0.1, -0.05) is 30.0 Å². The highest BCUT2D eigenvalue weighted by Gasteiger charge is 2.27. The number of allylic oxidation sites excluding steroid dienone is 1. The zero-order valence-corrected chi connectivity index (χ0v) is 20.7. The summed E-state index contributed by atoms with van der Waals surface area (Å²) in [5.41, 5.74) is 7.01. The third-order valence-electron chi connectivity index (χ3n) is 5.78. The fourth-order valence-electron chi connectivity index (χ4n) is 4.10. The van der Waals surface area contributed by atoms with Crippen molar-refractivity contribution in [2.75, 3.05) is 6.26 Å². The van der Waals surface area contributed by atoms with E-state index in [0.717, 1.165) is 11.1 Å². The Balaban J connectivity index is 1.81. The van der Waals surface area contributed by atoms with Crippen molar-refractivity contribution in [1.29, 1.82) is 0 Å². The normalized spacial score (nSPS) is 16.3. The van der Waals surface area contributed by atoms with Crippen molar-refractivity contribution < 1.29 is 13.3 Å². The van der Waals surface area contributed by atoms with Crippen LogP contribution in [0.2, 0.25) is 0 Å². The Kier molecular flexibility index (Phi) is 5.67. The topological polar surface area (TPSA) is 99.0 Å². The molecule has 10 heteroatoms. The Hall–Kier alpha value is -3.21. The number of hydrogen-bond acceptors (Lipinski definition) is 8. The van der Waals surface area contributed by atoms with Crippen molar-refractivity contribution >= 4 is 38.4 Å². The average Bonchev–Trinajstić information content (AvgIpc) is 3.39. The van der Waals surface area contributed by atoms with E-state index in [4.69, 9.17) is 9.82 Å². The number of nitrogens with one attached hydrogen (secondary N) is 1. The summed E-state index contributed by atoms with van der Waals surface area (Å²) in [4.78, 5) is 19.5. The number of aryl methyl sites for hydroxylation is 1. The number of fused-ring (bicyclic) bond motifs is 1. The first-order chi connectivity index (χ1) is 16.3. The first kappa shape index (κ1) is 22.6. The van der Waals surface area contributed by atoms with Gasteiger partial charge in [-0.15, -0.1) is 5.48 Å². The predicted molar refractivity (Wildman–Crippen MR) is 133 cm³/mol. The summed E-state index contributed by atoms with van der Waals surface area (Å²) in [7, 11) is -3.91. The van der Waals surface area contributed by atoms with Gasteiger partial charge in [-0.25, -0.2) is 27.3 Å². The van der Waals surface area contributed by atoms with E-state index < -0.39 is 10.0 Å². The molecule has 1 aromatic carbocycles. The van der Waals surface area contributed by atoms with Crippen molar-refractivity contribution in [2.45, 2.75) is 36.9 Å². The van der Waals surface area contributed by atoms with Gasteiger partial charge in [0.15, 0.2) is 10.8 Å². The van der Waals surface area contributed by atoms with Crippen LogP contribution in [0.5, 0.6) is 0 Å². The molecule has 1 aliphatic rings. The summed E-state index contributed by atoms with van der Waals surface area (Å²) in [6.07, 6.45) is 5.26. The number of hydrogen-bond donors (Lipinski definition) is 1. The summed E-state index contributed by atoms with van der Waals surface area (Å²) in [6, 6.07) is 12.1. The molecule has 4 aromatic rings. The van der Waals surface area contributed by atoms with Gasteiger partial charge in [0.25, 0.3) is 10.0 Å². The maximum absolute atomic E-state index is 13.7. The van der Waals surface area contributed by atoms with Crippen LogP contribution < -0.4 is 5.48 Å². The second-order valence-corrected chi connectivity index (χ2v) is 10.6. The largest absolute Gasteiger partial charge is 0.412 e. The van der Waals surface area contributed by atoms with Crippen molar-refractivity contribution in [1.82, 2.24) is 24.4 Å². The van der Waals surface area contributed by atoms with E-state index in [1.54, 1.807) is 42.7 Å². The molecule has 1 aliphatic heterocycles. The van der Waals surface area contributed by atoms with Gasteiger partial charge in [0.05, 0.1) is 22.3 Å². The monoisotopic (exact) mass is 493 g/mol. The summed E-state index contributed by atoms with van der Waals surface area (Å²) >= 11 is 1.43. The molecule has 0 aliphatic carbocycles.